The first-order valence-corrected chi connectivity index (χ1v) is 11.7. The number of alkyl carbamates (subject to hydrolysis) is 1. The number of amides is 2. The molecule has 2 aliphatic carbocycles. The van der Waals surface area contributed by atoms with Crippen molar-refractivity contribution in [3.63, 3.8) is 0 Å². The normalized spacial score (nSPS) is 19.7. The summed E-state index contributed by atoms with van der Waals surface area (Å²) < 4.78 is 5.57. The van der Waals surface area contributed by atoms with E-state index in [4.69, 9.17) is 9.84 Å². The van der Waals surface area contributed by atoms with E-state index in [1.165, 1.54) is 0 Å². The van der Waals surface area contributed by atoms with E-state index in [2.05, 4.69) is 34.9 Å². The molecule has 2 amide bonds. The first kappa shape index (κ1) is 23.8. The summed E-state index contributed by atoms with van der Waals surface area (Å²) in [5.41, 5.74) is 4.60. The molecule has 2 aliphatic rings. The number of hydrogen-bond donors (Lipinski definition) is 4. The van der Waals surface area contributed by atoms with Gasteiger partial charge in [0, 0.05) is 31.4 Å². The molecule has 0 heterocycles. The van der Waals surface area contributed by atoms with Crippen LogP contribution in [0.25, 0.3) is 11.1 Å². The van der Waals surface area contributed by atoms with Crippen molar-refractivity contribution in [2.45, 2.75) is 37.6 Å². The largest absolute Gasteiger partial charge is 0.480 e. The van der Waals surface area contributed by atoms with E-state index in [0.29, 0.717) is 6.42 Å². The number of benzene rings is 2. The molecule has 1 fully saturated rings. The van der Waals surface area contributed by atoms with Crippen molar-refractivity contribution in [2.75, 3.05) is 19.8 Å². The number of carboxylic acids is 1. The van der Waals surface area contributed by atoms with E-state index in [-0.39, 0.29) is 49.8 Å². The molecule has 8 nitrogen and oxygen atoms in total. The highest BCUT2D eigenvalue weighted by atomic mass is 16.5. The molecule has 0 aliphatic heterocycles. The highest BCUT2D eigenvalue weighted by Crippen LogP contribution is 2.44. The van der Waals surface area contributed by atoms with Crippen LogP contribution in [0.5, 0.6) is 0 Å². The quantitative estimate of drug-likeness (QED) is 0.450. The second-order valence-corrected chi connectivity index (χ2v) is 8.92. The van der Waals surface area contributed by atoms with Gasteiger partial charge in [0.1, 0.15) is 12.6 Å². The third kappa shape index (κ3) is 5.07. The fourth-order valence-corrected chi connectivity index (χ4v) is 5.16. The first-order chi connectivity index (χ1) is 16.5. The molecule has 2 aromatic rings. The maximum absolute atomic E-state index is 12.6. The molecule has 0 saturated heterocycles. The van der Waals surface area contributed by atoms with Gasteiger partial charge in [-0.25, -0.2) is 9.59 Å². The number of ether oxygens (including phenoxy) is 1. The molecule has 0 bridgehead atoms. The number of fused-ring (bicyclic) bond motifs is 3. The summed E-state index contributed by atoms with van der Waals surface area (Å²) in [4.78, 5) is 36.4. The van der Waals surface area contributed by atoms with E-state index in [9.17, 15) is 19.5 Å². The maximum atomic E-state index is 12.6. The zero-order valence-corrected chi connectivity index (χ0v) is 18.9. The molecule has 1 saturated carbocycles. The fourth-order valence-electron chi connectivity index (χ4n) is 5.16. The molecule has 34 heavy (non-hydrogen) atoms. The SMILES string of the molecule is O=C(NC[C@@H]1CCC[C@@H]1C(=O)N[C@H](CCO)C(=O)O)OCC1c2ccccc2-c2ccccc21. The molecule has 0 spiro atoms. The first-order valence-electron chi connectivity index (χ1n) is 11.7. The summed E-state index contributed by atoms with van der Waals surface area (Å²) in [7, 11) is 0. The third-order valence-corrected chi connectivity index (χ3v) is 6.88. The van der Waals surface area contributed by atoms with Crippen molar-refractivity contribution in [2.24, 2.45) is 11.8 Å². The molecule has 4 rings (SSSR count). The van der Waals surface area contributed by atoms with E-state index in [1.807, 2.05) is 24.3 Å². The van der Waals surface area contributed by atoms with Crippen molar-refractivity contribution in [1.82, 2.24) is 10.6 Å². The molecule has 180 valence electrons. The summed E-state index contributed by atoms with van der Waals surface area (Å²) in [6, 6.07) is 15.1. The highest BCUT2D eigenvalue weighted by Gasteiger charge is 2.35. The van der Waals surface area contributed by atoms with Crippen LogP contribution in [0.15, 0.2) is 48.5 Å². The Morgan fingerprint density at radius 2 is 1.65 bits per heavy atom. The Labute approximate surface area is 198 Å². The second-order valence-electron chi connectivity index (χ2n) is 8.92. The number of hydrogen-bond acceptors (Lipinski definition) is 5. The van der Waals surface area contributed by atoms with Crippen molar-refractivity contribution in [3.05, 3.63) is 59.7 Å². The van der Waals surface area contributed by atoms with Gasteiger partial charge in [-0.3, -0.25) is 4.79 Å². The minimum absolute atomic E-state index is 0.0253. The highest BCUT2D eigenvalue weighted by molar-refractivity contribution is 5.85. The average Bonchev–Trinajstić information content (AvgIpc) is 3.44. The summed E-state index contributed by atoms with van der Waals surface area (Å²) in [5, 5.41) is 23.5. The van der Waals surface area contributed by atoms with Gasteiger partial charge in [-0.2, -0.15) is 0 Å². The third-order valence-electron chi connectivity index (χ3n) is 6.88. The molecule has 0 unspecified atom stereocenters. The predicted octanol–water partition coefficient (Wildman–Crippen LogP) is 2.89. The Morgan fingerprint density at radius 3 is 2.26 bits per heavy atom. The maximum Gasteiger partial charge on any atom is 0.407 e. The Kier molecular flexibility index (Phi) is 7.47. The Bertz CT molecular complexity index is 1010. The van der Waals surface area contributed by atoms with Crippen molar-refractivity contribution >= 4 is 18.0 Å². The minimum Gasteiger partial charge on any atom is -0.480 e. The molecule has 0 radical (unpaired) electrons. The van der Waals surface area contributed by atoms with Gasteiger partial charge in [-0.15, -0.1) is 0 Å². The van der Waals surface area contributed by atoms with Crippen LogP contribution in [0.2, 0.25) is 0 Å². The van der Waals surface area contributed by atoms with E-state index < -0.39 is 18.1 Å². The molecular weight excluding hydrogens is 436 g/mol. The monoisotopic (exact) mass is 466 g/mol. The van der Waals surface area contributed by atoms with Crippen LogP contribution in [0.1, 0.15) is 42.7 Å². The Balaban J connectivity index is 1.30. The lowest BCUT2D eigenvalue weighted by atomic mass is 9.94. The lowest BCUT2D eigenvalue weighted by molar-refractivity contribution is -0.143. The molecule has 0 aromatic heterocycles. The van der Waals surface area contributed by atoms with Crippen LogP contribution in [0, 0.1) is 11.8 Å². The summed E-state index contributed by atoms with van der Waals surface area (Å²) in [5.74, 6) is -2.02. The fraction of sp³-hybridized carbons (Fsp3) is 0.423. The van der Waals surface area contributed by atoms with Gasteiger partial charge in [-0.1, -0.05) is 55.0 Å². The second kappa shape index (κ2) is 10.7. The van der Waals surface area contributed by atoms with Gasteiger partial charge in [0.2, 0.25) is 5.91 Å². The van der Waals surface area contributed by atoms with Gasteiger partial charge < -0.3 is 25.6 Å². The summed E-state index contributed by atoms with van der Waals surface area (Å²) in [6.45, 7) is 0.178. The van der Waals surface area contributed by atoms with Gasteiger partial charge in [0.15, 0.2) is 0 Å². The van der Waals surface area contributed by atoms with Crippen LogP contribution in [0.3, 0.4) is 0 Å². The van der Waals surface area contributed by atoms with Gasteiger partial charge in [-0.05, 0) is 41.0 Å². The molecule has 4 N–H and O–H groups in total. The zero-order valence-electron chi connectivity index (χ0n) is 18.9. The number of aliphatic hydroxyl groups excluding tert-OH is 1. The van der Waals surface area contributed by atoms with Crippen LogP contribution in [0.4, 0.5) is 4.79 Å². The number of aliphatic carboxylic acids is 1. The predicted molar refractivity (Wildman–Crippen MR) is 125 cm³/mol. The number of carboxylic acid groups (broad SMARTS) is 1. The van der Waals surface area contributed by atoms with Gasteiger partial charge in [0.05, 0.1) is 0 Å². The van der Waals surface area contributed by atoms with Gasteiger partial charge >= 0.3 is 12.1 Å². The number of nitrogens with one attached hydrogen (secondary N) is 2. The van der Waals surface area contributed by atoms with Gasteiger partial charge in [0.25, 0.3) is 0 Å². The van der Waals surface area contributed by atoms with Crippen molar-refractivity contribution in [3.8, 4) is 11.1 Å². The molecule has 2 aromatic carbocycles. The number of rotatable bonds is 9. The van der Waals surface area contributed by atoms with E-state index in [1.54, 1.807) is 0 Å². The van der Waals surface area contributed by atoms with Crippen LogP contribution < -0.4 is 10.6 Å². The molecule has 8 heteroatoms. The molecule has 3 atom stereocenters. The van der Waals surface area contributed by atoms with Crippen molar-refractivity contribution in [1.29, 1.82) is 0 Å². The number of aliphatic hydroxyl groups is 1. The molecular formula is C26H30N2O6. The summed E-state index contributed by atoms with van der Waals surface area (Å²) in [6.07, 6.45) is 1.65. The van der Waals surface area contributed by atoms with Crippen LogP contribution >= 0.6 is 0 Å². The van der Waals surface area contributed by atoms with E-state index >= 15 is 0 Å². The zero-order chi connectivity index (χ0) is 24.1. The number of carbonyl (C=O) groups is 3. The van der Waals surface area contributed by atoms with Crippen molar-refractivity contribution < 1.29 is 29.3 Å². The lowest BCUT2D eigenvalue weighted by Gasteiger charge is -2.22. The number of carbonyl (C=O) groups excluding carboxylic acids is 2. The van der Waals surface area contributed by atoms with Crippen LogP contribution in [-0.4, -0.2) is 54.0 Å². The standard InChI is InChI=1S/C26H30N2O6/c29-13-12-23(25(31)32)28-24(30)17-11-5-6-16(17)14-27-26(33)34-15-22-20-9-3-1-7-18(20)19-8-2-4-10-21(19)22/h1-4,7-10,16-17,22-23,29H,5-6,11-15H2,(H,27,33)(H,28,30)(H,31,32)/t16-,17-,23+/m0/s1. The van der Waals surface area contributed by atoms with E-state index in [0.717, 1.165) is 35.1 Å². The lowest BCUT2D eigenvalue weighted by Crippen LogP contribution is -2.46. The van der Waals surface area contributed by atoms with Crippen LogP contribution in [-0.2, 0) is 14.3 Å². The smallest absolute Gasteiger partial charge is 0.407 e. The average molecular weight is 467 g/mol. The Morgan fingerprint density at radius 1 is 1.00 bits per heavy atom. The topological polar surface area (TPSA) is 125 Å². The minimum atomic E-state index is -1.17. The Hall–Kier alpha value is -3.39. The summed E-state index contributed by atoms with van der Waals surface area (Å²) >= 11 is 0.